The molecule has 0 bridgehead atoms. The van der Waals surface area contributed by atoms with Crippen LogP contribution in [0.2, 0.25) is 0 Å². The molecule has 156 valence electrons. The number of amides is 2. The zero-order valence-corrected chi connectivity index (χ0v) is 18.2. The summed E-state index contributed by atoms with van der Waals surface area (Å²) in [6, 6.07) is 16.7. The number of methoxy groups -OCH3 is 1. The number of benzene rings is 2. The Bertz CT molecular complexity index is 1330. The highest BCUT2D eigenvalue weighted by molar-refractivity contribution is 7.16. The molecule has 2 aromatic heterocycles. The minimum absolute atomic E-state index is 0.327. The van der Waals surface area contributed by atoms with Gasteiger partial charge in [-0.05, 0) is 43.7 Å². The number of hydrogen-bond donors (Lipinski definition) is 2. The summed E-state index contributed by atoms with van der Waals surface area (Å²) in [4.78, 5) is 30.9. The van der Waals surface area contributed by atoms with Gasteiger partial charge in [-0.15, -0.1) is 11.3 Å². The number of ether oxygens (including phenoxy) is 1. The van der Waals surface area contributed by atoms with Crippen molar-refractivity contribution >= 4 is 39.1 Å². The molecular weight excluding hydrogens is 410 g/mol. The van der Waals surface area contributed by atoms with Crippen molar-refractivity contribution in [1.29, 1.82) is 0 Å². The minimum Gasteiger partial charge on any atom is -0.497 e. The van der Waals surface area contributed by atoms with Gasteiger partial charge in [0.2, 0.25) is 0 Å². The van der Waals surface area contributed by atoms with Gasteiger partial charge in [-0.1, -0.05) is 30.3 Å². The monoisotopic (exact) mass is 431 g/mol. The number of para-hydroxylation sites is 1. The summed E-state index contributed by atoms with van der Waals surface area (Å²) in [5.74, 6) is -0.186. The van der Waals surface area contributed by atoms with Crippen LogP contribution in [0.1, 0.15) is 31.2 Å². The van der Waals surface area contributed by atoms with E-state index >= 15 is 0 Å². The van der Waals surface area contributed by atoms with Crippen LogP contribution < -0.4 is 15.8 Å². The van der Waals surface area contributed by atoms with E-state index in [9.17, 15) is 9.59 Å². The van der Waals surface area contributed by atoms with Gasteiger partial charge in [-0.2, -0.15) is 0 Å². The van der Waals surface area contributed by atoms with E-state index in [2.05, 4.69) is 5.32 Å². The molecule has 0 spiro atoms. The van der Waals surface area contributed by atoms with E-state index in [1.165, 1.54) is 11.3 Å². The Hall–Kier alpha value is -3.71. The molecule has 31 heavy (non-hydrogen) atoms. The number of fused-ring (bicyclic) bond motifs is 1. The van der Waals surface area contributed by atoms with Gasteiger partial charge in [0.25, 0.3) is 11.8 Å². The molecule has 0 radical (unpaired) electrons. The van der Waals surface area contributed by atoms with Gasteiger partial charge in [-0.25, -0.2) is 4.98 Å². The molecule has 2 heterocycles. The first-order chi connectivity index (χ1) is 14.9. The van der Waals surface area contributed by atoms with Crippen LogP contribution in [0.5, 0.6) is 5.75 Å². The van der Waals surface area contributed by atoms with Gasteiger partial charge in [0, 0.05) is 15.8 Å². The molecule has 0 aliphatic rings. The predicted molar refractivity (Wildman–Crippen MR) is 124 cm³/mol. The molecule has 0 saturated carbocycles. The minimum atomic E-state index is -0.561. The van der Waals surface area contributed by atoms with Crippen molar-refractivity contribution in [1.82, 2.24) is 4.98 Å². The van der Waals surface area contributed by atoms with Crippen LogP contribution in [0.3, 0.4) is 0 Å². The molecule has 6 nitrogen and oxygen atoms in total. The number of primary amides is 1. The molecule has 0 fully saturated rings. The number of carbonyl (C=O) groups is 2. The molecule has 4 aromatic rings. The zero-order chi connectivity index (χ0) is 22.1. The lowest BCUT2D eigenvalue weighted by Gasteiger charge is -2.11. The Labute approximate surface area is 183 Å². The number of aryl methyl sites for hydroxylation is 1. The molecule has 3 N–H and O–H groups in total. The number of nitrogens with zero attached hydrogens (tertiary/aromatic N) is 1. The predicted octanol–water partition coefficient (Wildman–Crippen LogP) is 4.94. The molecule has 4 rings (SSSR count). The van der Waals surface area contributed by atoms with Crippen LogP contribution in [0.15, 0.2) is 54.6 Å². The van der Waals surface area contributed by atoms with E-state index in [4.69, 9.17) is 15.5 Å². The van der Waals surface area contributed by atoms with E-state index in [1.807, 2.05) is 62.4 Å². The van der Waals surface area contributed by atoms with Crippen LogP contribution in [0.4, 0.5) is 5.00 Å². The van der Waals surface area contributed by atoms with Crippen molar-refractivity contribution in [3.8, 4) is 17.0 Å². The summed E-state index contributed by atoms with van der Waals surface area (Å²) in [5, 5.41) is 4.06. The summed E-state index contributed by atoms with van der Waals surface area (Å²) < 4.78 is 5.32. The van der Waals surface area contributed by atoms with Gasteiger partial charge in [-0.3, -0.25) is 9.59 Å². The number of carbonyl (C=O) groups excluding carboxylic acids is 2. The molecule has 2 aromatic carbocycles. The summed E-state index contributed by atoms with van der Waals surface area (Å²) in [5.41, 5.74) is 9.33. The van der Waals surface area contributed by atoms with Gasteiger partial charge in [0.05, 0.1) is 29.4 Å². The Morgan fingerprint density at radius 2 is 1.84 bits per heavy atom. The van der Waals surface area contributed by atoms with Crippen molar-refractivity contribution in [3.63, 3.8) is 0 Å². The quantitative estimate of drug-likeness (QED) is 0.468. The highest BCUT2D eigenvalue weighted by Gasteiger charge is 2.21. The van der Waals surface area contributed by atoms with Gasteiger partial charge < -0.3 is 15.8 Å². The van der Waals surface area contributed by atoms with E-state index < -0.39 is 5.91 Å². The third-order valence-corrected chi connectivity index (χ3v) is 6.31. The normalized spacial score (nSPS) is 10.8. The number of pyridine rings is 1. The molecule has 0 aliphatic carbocycles. The molecule has 0 atom stereocenters. The second kappa shape index (κ2) is 8.20. The summed E-state index contributed by atoms with van der Waals surface area (Å²) >= 11 is 1.34. The van der Waals surface area contributed by atoms with E-state index in [0.29, 0.717) is 33.1 Å². The fourth-order valence-electron chi connectivity index (χ4n) is 3.48. The molecule has 0 saturated heterocycles. The third-order valence-electron chi connectivity index (χ3n) is 5.19. The lowest BCUT2D eigenvalue weighted by atomic mass is 10.0. The first-order valence-corrected chi connectivity index (χ1v) is 10.5. The largest absolute Gasteiger partial charge is 0.497 e. The fraction of sp³-hybridized carbons (Fsp3) is 0.125. The van der Waals surface area contributed by atoms with Crippen LogP contribution >= 0.6 is 11.3 Å². The van der Waals surface area contributed by atoms with Gasteiger partial charge in [0.15, 0.2) is 0 Å². The number of anilines is 1. The van der Waals surface area contributed by atoms with Crippen LogP contribution in [0, 0.1) is 13.8 Å². The Morgan fingerprint density at radius 1 is 1.06 bits per heavy atom. The van der Waals surface area contributed by atoms with Gasteiger partial charge >= 0.3 is 0 Å². The second-order valence-electron chi connectivity index (χ2n) is 7.11. The summed E-state index contributed by atoms with van der Waals surface area (Å²) in [6.07, 6.45) is 0. The summed E-state index contributed by atoms with van der Waals surface area (Å²) in [7, 11) is 1.60. The zero-order valence-electron chi connectivity index (χ0n) is 17.4. The average Bonchev–Trinajstić information content (AvgIpc) is 3.05. The second-order valence-corrected chi connectivity index (χ2v) is 8.33. The topological polar surface area (TPSA) is 94.3 Å². The Morgan fingerprint density at radius 3 is 2.58 bits per heavy atom. The number of thiophene rings is 1. The fourth-order valence-corrected chi connectivity index (χ4v) is 4.54. The van der Waals surface area contributed by atoms with Crippen molar-refractivity contribution in [3.05, 3.63) is 76.2 Å². The third kappa shape index (κ3) is 3.87. The number of rotatable bonds is 5. The SMILES string of the molecule is COc1cccc(-c2cc(C(=O)Nc3sc(C)c(C)c3C(N)=O)c3ccccc3n2)c1. The van der Waals surface area contributed by atoms with Crippen molar-refractivity contribution in [2.45, 2.75) is 13.8 Å². The Kier molecular flexibility index (Phi) is 5.44. The van der Waals surface area contributed by atoms with Crippen molar-refractivity contribution < 1.29 is 14.3 Å². The number of nitrogens with two attached hydrogens (primary N) is 1. The van der Waals surface area contributed by atoms with Crippen molar-refractivity contribution in [2.24, 2.45) is 5.73 Å². The molecule has 2 amide bonds. The average molecular weight is 432 g/mol. The van der Waals surface area contributed by atoms with E-state index in [1.54, 1.807) is 13.2 Å². The Balaban J connectivity index is 1.82. The van der Waals surface area contributed by atoms with Crippen LogP contribution in [0.25, 0.3) is 22.2 Å². The van der Waals surface area contributed by atoms with Crippen LogP contribution in [-0.2, 0) is 0 Å². The molecule has 0 unspecified atom stereocenters. The van der Waals surface area contributed by atoms with Crippen LogP contribution in [-0.4, -0.2) is 23.9 Å². The van der Waals surface area contributed by atoms with Gasteiger partial charge in [0.1, 0.15) is 10.8 Å². The first kappa shape index (κ1) is 20.6. The number of aromatic nitrogens is 1. The molecular formula is C24H21N3O3S. The maximum atomic E-state index is 13.3. The van der Waals surface area contributed by atoms with E-state index in [-0.39, 0.29) is 5.91 Å². The standard InChI is InChI=1S/C24H21N3O3S/c1-13-14(2)31-24(21(13)22(25)28)27-23(29)18-12-20(15-7-6-8-16(11-15)30-3)26-19-10-5-4-9-17(18)19/h4-12H,1-3H3,(H2,25,28)(H,27,29). The first-order valence-electron chi connectivity index (χ1n) is 9.64. The molecule has 0 aliphatic heterocycles. The summed E-state index contributed by atoms with van der Waals surface area (Å²) in [6.45, 7) is 3.72. The highest BCUT2D eigenvalue weighted by Crippen LogP contribution is 2.33. The lowest BCUT2D eigenvalue weighted by molar-refractivity contribution is 0.100. The number of hydrogen-bond acceptors (Lipinski definition) is 5. The van der Waals surface area contributed by atoms with Crippen molar-refractivity contribution in [2.75, 3.05) is 12.4 Å². The smallest absolute Gasteiger partial charge is 0.257 e. The lowest BCUT2D eigenvalue weighted by Crippen LogP contribution is -2.18. The van der Waals surface area contributed by atoms with E-state index in [0.717, 1.165) is 21.4 Å². The maximum absolute atomic E-state index is 13.3. The number of nitrogens with one attached hydrogen (secondary N) is 1. The molecule has 7 heteroatoms. The highest BCUT2D eigenvalue weighted by atomic mass is 32.1. The maximum Gasteiger partial charge on any atom is 0.257 e.